The van der Waals surface area contributed by atoms with Gasteiger partial charge in [0, 0.05) is 0 Å². The zero-order valence-electron chi connectivity index (χ0n) is 16.6. The van der Waals surface area contributed by atoms with Crippen molar-refractivity contribution in [3.63, 3.8) is 0 Å². The maximum atomic E-state index is 11.7. The van der Waals surface area contributed by atoms with E-state index in [1.54, 1.807) is 6.07 Å². The van der Waals surface area contributed by atoms with E-state index in [2.05, 4.69) is 45.9 Å². The Labute approximate surface area is 180 Å². The maximum absolute atomic E-state index is 11.7. The number of hydrogen-bond acceptors (Lipinski definition) is 5. The third kappa shape index (κ3) is 3.92. The van der Waals surface area contributed by atoms with Gasteiger partial charge in [-0.25, -0.2) is 0 Å². The van der Waals surface area contributed by atoms with Gasteiger partial charge in [-0.05, 0) is 0 Å². The average molecular weight is 492 g/mol. The van der Waals surface area contributed by atoms with Gasteiger partial charge >= 0.3 is 180 Å². The van der Waals surface area contributed by atoms with Gasteiger partial charge in [-0.1, -0.05) is 0 Å². The number of hydrogen-bond donors (Lipinski definition) is 2. The minimum absolute atomic E-state index is 0.106. The van der Waals surface area contributed by atoms with Gasteiger partial charge in [0.1, 0.15) is 0 Å². The Balaban J connectivity index is 2.09. The molecule has 2 heterocycles. The van der Waals surface area contributed by atoms with Crippen LogP contribution in [0.3, 0.4) is 0 Å². The van der Waals surface area contributed by atoms with Crippen LogP contribution >= 0.6 is 19.3 Å². The van der Waals surface area contributed by atoms with Gasteiger partial charge in [-0.2, -0.15) is 0 Å². The summed E-state index contributed by atoms with van der Waals surface area (Å²) in [6, 6.07) is 16.3. The number of anilines is 1. The first-order chi connectivity index (χ1) is 13.6. The van der Waals surface area contributed by atoms with Gasteiger partial charge in [0.05, 0.1) is 0 Å². The molecule has 0 saturated carbocycles. The topological polar surface area (TPSA) is 69.8 Å². The molecule has 0 amide bonds. The summed E-state index contributed by atoms with van der Waals surface area (Å²) in [5.74, 6) is 0. The van der Waals surface area contributed by atoms with E-state index in [1.807, 2.05) is 34.3 Å². The van der Waals surface area contributed by atoms with Gasteiger partial charge < -0.3 is 0 Å². The predicted octanol–water partition coefficient (Wildman–Crippen LogP) is 1.56. The first-order valence-electron chi connectivity index (χ1n) is 9.00. The number of nitrogens with zero attached hydrogens (tertiary/aromatic N) is 2. The van der Waals surface area contributed by atoms with Crippen LogP contribution in [0.25, 0.3) is 30.1 Å². The summed E-state index contributed by atoms with van der Waals surface area (Å²) in [7, 11) is 3.87. The second kappa shape index (κ2) is 7.60. The molecule has 0 unspecified atom stereocenters. The van der Waals surface area contributed by atoms with Crippen molar-refractivity contribution in [2.75, 3.05) is 33.1 Å². The van der Waals surface area contributed by atoms with Crippen LogP contribution in [0, 0.1) is 0 Å². The van der Waals surface area contributed by atoms with Crippen LogP contribution in [0.2, 0.25) is 0 Å². The number of fused-ring (bicyclic) bond motifs is 2. The van der Waals surface area contributed by atoms with E-state index in [4.69, 9.17) is 0 Å². The minimum atomic E-state index is -4.26. The monoisotopic (exact) mass is 493 g/mol. The van der Waals surface area contributed by atoms with E-state index in [1.165, 1.54) is 20.0 Å². The van der Waals surface area contributed by atoms with Gasteiger partial charge in [-0.3, -0.25) is 0 Å². The zero-order chi connectivity index (χ0) is 20.9. The molecule has 150 valence electrons. The summed E-state index contributed by atoms with van der Waals surface area (Å²) in [6.07, 6.45) is 0. The van der Waals surface area contributed by atoms with Gasteiger partial charge in [-0.15, -0.1) is 0 Å². The Kier molecular flexibility index (Phi) is 5.43. The molecular weight excluding hydrogens is 470 g/mol. The van der Waals surface area contributed by atoms with Crippen molar-refractivity contribution in [3.05, 3.63) is 53.9 Å². The molecule has 2 aromatic rings. The average Bonchev–Trinajstić information content (AvgIpc) is 3.15. The molecule has 1 aromatic heterocycles. The third-order valence-electron chi connectivity index (χ3n) is 4.85. The van der Waals surface area contributed by atoms with Crippen LogP contribution < -0.4 is 24.3 Å². The Morgan fingerprint density at radius 2 is 1.79 bits per heavy atom. The fourth-order valence-corrected chi connectivity index (χ4v) is 7.59. The Morgan fingerprint density at radius 3 is 2.41 bits per heavy atom. The quantitative estimate of drug-likeness (QED) is 0.197. The molecule has 0 radical (unpaired) electrons. The van der Waals surface area contributed by atoms with Crippen LogP contribution in [0.5, 0.6) is 0 Å². The van der Waals surface area contributed by atoms with E-state index in [0.29, 0.717) is 0 Å². The predicted molar refractivity (Wildman–Crippen MR) is 123 cm³/mol. The Bertz CT molecular complexity index is 1250. The number of thiophene rings is 1. The summed E-state index contributed by atoms with van der Waals surface area (Å²) < 4.78 is 4.77. The first-order valence-corrected chi connectivity index (χ1v) is 13.1. The van der Waals surface area contributed by atoms with E-state index in [-0.39, 0.29) is 19.1 Å². The van der Waals surface area contributed by atoms with E-state index >= 15 is 0 Å². The molecule has 0 saturated heterocycles. The van der Waals surface area contributed by atoms with Gasteiger partial charge in [0.15, 0.2) is 0 Å². The van der Waals surface area contributed by atoms with Crippen LogP contribution in [0.4, 0.5) is 5.69 Å². The molecule has 1 aliphatic heterocycles. The second-order valence-corrected chi connectivity index (χ2v) is 12.5. The van der Waals surface area contributed by atoms with Crippen molar-refractivity contribution in [1.29, 1.82) is 0 Å². The summed E-state index contributed by atoms with van der Waals surface area (Å²) in [6.45, 7) is 0. The second-order valence-electron chi connectivity index (χ2n) is 7.31. The summed E-state index contributed by atoms with van der Waals surface area (Å²) >= 11 is 1.33. The summed E-state index contributed by atoms with van der Waals surface area (Å²) in [5.41, 5.74) is 3.36. The molecule has 4 rings (SSSR count). The molecule has 0 atom stereocenters. The standard InChI is InChI=1S/C21H21N2O3PSSe/c1-22(2)13-5-7-15-18(11-13)29-19-12-14(23(3)4)6-8-16(19)21(15)17-9-10-20(28-17)27(24,25)26/h5-12H,1-4H3,(H-,24,25,26)/p+1. The molecule has 2 N–H and O–H groups in total. The van der Waals surface area contributed by atoms with Crippen molar-refractivity contribution in [1.82, 2.24) is 4.58 Å². The molecule has 5 nitrogen and oxygen atoms in total. The molecule has 1 aliphatic carbocycles. The first kappa shape index (κ1) is 20.7. The summed E-state index contributed by atoms with van der Waals surface area (Å²) in [4.78, 5) is 33.9. The molecule has 0 spiro atoms. The van der Waals surface area contributed by atoms with Crippen molar-refractivity contribution in [2.24, 2.45) is 0 Å². The SMILES string of the molecule is CN(C)c1ccc2c(-c3ccc([P+]([O-])(O)O)s3)c3ccc(=[N+](C)C)cc-3[se]c2c1. The van der Waals surface area contributed by atoms with Gasteiger partial charge in [0.25, 0.3) is 0 Å². The molecule has 0 bridgehead atoms. The summed E-state index contributed by atoms with van der Waals surface area (Å²) in [5, 5.41) is 2.30. The van der Waals surface area contributed by atoms with Crippen molar-refractivity contribution in [3.8, 4) is 20.4 Å². The van der Waals surface area contributed by atoms with Crippen molar-refractivity contribution >= 4 is 53.7 Å². The van der Waals surface area contributed by atoms with Crippen LogP contribution in [-0.2, 0) is 0 Å². The van der Waals surface area contributed by atoms with Crippen LogP contribution in [0.1, 0.15) is 0 Å². The Morgan fingerprint density at radius 1 is 1.03 bits per heavy atom. The zero-order valence-corrected chi connectivity index (χ0v) is 20.0. The molecule has 1 aromatic carbocycles. The molecule has 8 heteroatoms. The number of benzene rings is 2. The Hall–Kier alpha value is -1.56. The van der Waals surface area contributed by atoms with Crippen LogP contribution in [-0.4, -0.2) is 52.5 Å². The molecule has 2 aliphatic rings. The third-order valence-corrected chi connectivity index (χ3v) is 9.80. The van der Waals surface area contributed by atoms with Crippen molar-refractivity contribution < 1.29 is 14.7 Å². The van der Waals surface area contributed by atoms with Crippen molar-refractivity contribution in [2.45, 2.75) is 0 Å². The molecular formula is C21H22N2O3PSSe+. The normalized spacial score (nSPS) is 12.0. The van der Waals surface area contributed by atoms with Crippen LogP contribution in [0.15, 0.2) is 48.5 Å². The van der Waals surface area contributed by atoms with E-state index < -0.39 is 7.94 Å². The van der Waals surface area contributed by atoms with E-state index in [9.17, 15) is 14.7 Å². The fraction of sp³-hybridized carbons (Fsp3) is 0.190. The molecule has 0 fully saturated rings. The number of rotatable bonds is 3. The fourth-order valence-electron chi connectivity index (χ4n) is 3.31. The van der Waals surface area contributed by atoms with Gasteiger partial charge in [0.2, 0.25) is 0 Å². The molecule has 29 heavy (non-hydrogen) atoms. The van der Waals surface area contributed by atoms with E-state index in [0.717, 1.165) is 32.4 Å².